The minimum Gasteiger partial charge on any atom is -0.504 e. The molecule has 1 aromatic carbocycles. The lowest BCUT2D eigenvalue weighted by molar-refractivity contribution is 0.0881. The van der Waals surface area contributed by atoms with Crippen LogP contribution >= 0.6 is 0 Å². The van der Waals surface area contributed by atoms with Gasteiger partial charge >= 0.3 is 0 Å². The average Bonchev–Trinajstić information content (AvgIpc) is 2.38. The van der Waals surface area contributed by atoms with Gasteiger partial charge in [-0.2, -0.15) is 0 Å². The first-order chi connectivity index (χ1) is 9.43. The van der Waals surface area contributed by atoms with E-state index in [4.69, 9.17) is 4.74 Å². The van der Waals surface area contributed by atoms with Gasteiger partial charge < -0.3 is 14.9 Å². The molecule has 0 spiro atoms. The van der Waals surface area contributed by atoms with Crippen molar-refractivity contribution >= 4 is 5.78 Å². The van der Waals surface area contributed by atoms with E-state index in [1.807, 2.05) is 4.90 Å². The van der Waals surface area contributed by atoms with E-state index in [0.717, 1.165) is 6.54 Å². The highest BCUT2D eigenvalue weighted by Crippen LogP contribution is 2.25. The van der Waals surface area contributed by atoms with Crippen molar-refractivity contribution in [3.05, 3.63) is 23.8 Å². The molecule has 0 aliphatic rings. The fraction of sp³-hybridized carbons (Fsp3) is 0.533. The highest BCUT2D eigenvalue weighted by molar-refractivity contribution is 5.98. The molecule has 0 aliphatic carbocycles. The van der Waals surface area contributed by atoms with Crippen LogP contribution in [0.4, 0.5) is 0 Å². The fourth-order valence-electron chi connectivity index (χ4n) is 1.96. The van der Waals surface area contributed by atoms with Gasteiger partial charge in [0.15, 0.2) is 17.3 Å². The first-order valence-electron chi connectivity index (χ1n) is 6.70. The summed E-state index contributed by atoms with van der Waals surface area (Å²) in [5.74, 6) is -0.131. The molecule has 2 N–H and O–H groups in total. The van der Waals surface area contributed by atoms with Crippen molar-refractivity contribution in [2.24, 2.45) is 5.92 Å². The third kappa shape index (κ3) is 5.19. The zero-order chi connectivity index (χ0) is 15.1. The molecule has 0 unspecified atom stereocenters. The zero-order valence-corrected chi connectivity index (χ0v) is 12.3. The molecule has 0 aliphatic heterocycles. The smallest absolute Gasteiger partial charge is 0.176 e. The summed E-state index contributed by atoms with van der Waals surface area (Å²) in [5, 5.41) is 18.7. The first-order valence-corrected chi connectivity index (χ1v) is 6.70. The van der Waals surface area contributed by atoms with Crippen LogP contribution in [0.1, 0.15) is 24.2 Å². The molecule has 1 aromatic rings. The fourth-order valence-corrected chi connectivity index (χ4v) is 1.96. The molecule has 20 heavy (non-hydrogen) atoms. The number of ketones is 1. The molecule has 5 nitrogen and oxygen atoms in total. The molecule has 0 aromatic heterocycles. The summed E-state index contributed by atoms with van der Waals surface area (Å²) in [6.07, 6.45) is 0. The molecule has 0 amide bonds. The number of carbonyl (C=O) groups excluding carboxylic acids is 1. The number of carbonyl (C=O) groups is 1. The van der Waals surface area contributed by atoms with Crippen molar-refractivity contribution in [3.8, 4) is 11.5 Å². The second-order valence-corrected chi connectivity index (χ2v) is 5.25. The molecular formula is C15H23NO4. The molecule has 5 heteroatoms. The summed E-state index contributed by atoms with van der Waals surface area (Å²) < 4.78 is 5.05. The van der Waals surface area contributed by atoms with Crippen LogP contribution in [0.15, 0.2) is 18.2 Å². The van der Waals surface area contributed by atoms with Crippen LogP contribution in [0.2, 0.25) is 0 Å². The molecule has 0 fully saturated rings. The van der Waals surface area contributed by atoms with E-state index in [0.29, 0.717) is 24.6 Å². The molecule has 0 saturated carbocycles. The maximum absolute atomic E-state index is 12.2. The standard InChI is InChI=1S/C15H23NO4/c1-11(2)9-16(6-7-20-3)10-15(19)12-4-5-13(17)14(18)8-12/h4-5,8,11,17-18H,6-7,9-10H2,1-3H3. The number of phenolic OH excluding ortho intramolecular Hbond substituents is 2. The molecule has 112 valence electrons. The van der Waals surface area contributed by atoms with E-state index in [1.165, 1.54) is 18.2 Å². The number of Topliss-reactive ketones (excluding diaryl/α,β-unsaturated/α-hetero) is 1. The van der Waals surface area contributed by atoms with Crippen molar-refractivity contribution in [1.29, 1.82) is 0 Å². The highest BCUT2D eigenvalue weighted by atomic mass is 16.5. The average molecular weight is 281 g/mol. The summed E-state index contributed by atoms with van der Waals surface area (Å²) in [4.78, 5) is 14.2. The second kappa shape index (κ2) is 7.87. The van der Waals surface area contributed by atoms with Gasteiger partial charge in [-0.1, -0.05) is 13.8 Å². The van der Waals surface area contributed by atoms with E-state index in [1.54, 1.807) is 7.11 Å². The number of hydrogen-bond acceptors (Lipinski definition) is 5. The Bertz CT molecular complexity index is 445. The summed E-state index contributed by atoms with van der Waals surface area (Å²) >= 11 is 0. The lowest BCUT2D eigenvalue weighted by Crippen LogP contribution is -2.35. The SMILES string of the molecule is COCCN(CC(=O)c1ccc(O)c(O)c1)CC(C)C. The Morgan fingerprint density at radius 3 is 2.55 bits per heavy atom. The normalized spacial score (nSPS) is 11.2. The first kappa shape index (κ1) is 16.5. The maximum atomic E-state index is 12.2. The number of aromatic hydroxyl groups is 2. The quantitative estimate of drug-likeness (QED) is 0.562. The number of rotatable bonds is 8. The van der Waals surface area contributed by atoms with Crippen LogP contribution < -0.4 is 0 Å². The van der Waals surface area contributed by atoms with Crippen molar-refractivity contribution in [2.45, 2.75) is 13.8 Å². The summed E-state index contributed by atoms with van der Waals surface area (Å²) in [7, 11) is 1.63. The number of methoxy groups -OCH3 is 1. The molecule has 0 heterocycles. The predicted molar refractivity (Wildman–Crippen MR) is 77.3 cm³/mol. The molecular weight excluding hydrogens is 258 g/mol. The number of benzene rings is 1. The topological polar surface area (TPSA) is 70.0 Å². The van der Waals surface area contributed by atoms with Gasteiger partial charge in [0.1, 0.15) is 0 Å². The highest BCUT2D eigenvalue weighted by Gasteiger charge is 2.15. The summed E-state index contributed by atoms with van der Waals surface area (Å²) in [5.41, 5.74) is 0.395. The Kier molecular flexibility index (Phi) is 6.48. The van der Waals surface area contributed by atoms with Gasteiger partial charge in [-0.25, -0.2) is 0 Å². The van der Waals surface area contributed by atoms with Crippen molar-refractivity contribution < 1.29 is 19.7 Å². The van der Waals surface area contributed by atoms with Gasteiger partial charge in [-0.15, -0.1) is 0 Å². The van der Waals surface area contributed by atoms with E-state index in [9.17, 15) is 15.0 Å². The lowest BCUT2D eigenvalue weighted by atomic mass is 10.1. The predicted octanol–water partition coefficient (Wildman–Crippen LogP) is 1.88. The Labute approximate surface area is 119 Å². The summed E-state index contributed by atoms with van der Waals surface area (Å²) in [6, 6.07) is 4.13. The Morgan fingerprint density at radius 1 is 1.30 bits per heavy atom. The molecule has 0 saturated heterocycles. The minimum absolute atomic E-state index is 0.0861. The third-order valence-corrected chi connectivity index (χ3v) is 2.90. The van der Waals surface area contributed by atoms with Crippen molar-refractivity contribution in [2.75, 3.05) is 33.4 Å². The molecule has 1 rings (SSSR count). The van der Waals surface area contributed by atoms with Crippen LogP contribution in [0.3, 0.4) is 0 Å². The van der Waals surface area contributed by atoms with E-state index < -0.39 is 0 Å². The van der Waals surface area contributed by atoms with Crippen LogP contribution in [-0.2, 0) is 4.74 Å². The number of hydrogen-bond donors (Lipinski definition) is 2. The minimum atomic E-state index is -0.275. The van der Waals surface area contributed by atoms with Gasteiger partial charge in [0, 0.05) is 25.8 Å². The van der Waals surface area contributed by atoms with Crippen LogP contribution in [0, 0.1) is 5.92 Å². The Balaban J connectivity index is 2.70. The van der Waals surface area contributed by atoms with Gasteiger partial charge in [0.25, 0.3) is 0 Å². The van der Waals surface area contributed by atoms with Crippen LogP contribution in [-0.4, -0.2) is 54.2 Å². The van der Waals surface area contributed by atoms with Gasteiger partial charge in [-0.05, 0) is 24.1 Å². The lowest BCUT2D eigenvalue weighted by Gasteiger charge is -2.23. The van der Waals surface area contributed by atoms with Crippen LogP contribution in [0.25, 0.3) is 0 Å². The Hall–Kier alpha value is -1.59. The largest absolute Gasteiger partial charge is 0.504 e. The van der Waals surface area contributed by atoms with Gasteiger partial charge in [-0.3, -0.25) is 9.69 Å². The molecule has 0 atom stereocenters. The van der Waals surface area contributed by atoms with Crippen molar-refractivity contribution in [3.63, 3.8) is 0 Å². The molecule has 0 radical (unpaired) electrons. The number of nitrogens with zero attached hydrogens (tertiary/aromatic N) is 1. The number of phenols is 2. The maximum Gasteiger partial charge on any atom is 0.176 e. The van der Waals surface area contributed by atoms with Gasteiger partial charge in [0.05, 0.1) is 13.2 Å². The Morgan fingerprint density at radius 2 is 2.00 bits per heavy atom. The van der Waals surface area contributed by atoms with E-state index in [2.05, 4.69) is 13.8 Å². The van der Waals surface area contributed by atoms with Crippen molar-refractivity contribution in [1.82, 2.24) is 4.90 Å². The monoisotopic (exact) mass is 281 g/mol. The second-order valence-electron chi connectivity index (χ2n) is 5.25. The number of ether oxygens (including phenoxy) is 1. The van der Waals surface area contributed by atoms with Gasteiger partial charge in [0.2, 0.25) is 0 Å². The summed E-state index contributed by atoms with van der Waals surface area (Å²) in [6.45, 7) is 6.52. The van der Waals surface area contributed by atoms with Crippen LogP contribution in [0.5, 0.6) is 11.5 Å². The third-order valence-electron chi connectivity index (χ3n) is 2.90. The van der Waals surface area contributed by atoms with E-state index >= 15 is 0 Å². The zero-order valence-electron chi connectivity index (χ0n) is 12.3. The molecule has 0 bridgehead atoms. The van der Waals surface area contributed by atoms with E-state index in [-0.39, 0.29) is 23.8 Å².